The van der Waals surface area contributed by atoms with Gasteiger partial charge < -0.3 is 28.7 Å². The van der Waals surface area contributed by atoms with Gasteiger partial charge in [0.1, 0.15) is 16.7 Å². The van der Waals surface area contributed by atoms with E-state index in [2.05, 4.69) is 31.2 Å². The standard InChI is InChI=1S/C45H46N2O9S/c1-27-6-8-29(9-7-27)33-19-35-13-10-31-21-42(41(54-4)24-38(31)44(48)46(35)25-33)56-17-5-16-55-40-22-32-23-43(57(50,51)52)39-20-34(30-11-14-36(53-3)15-12-30)26-47(39)45(49)37(32)18-28(40)2/h6-9,11-12,14-15,18,21-22,24-26,35,39,43H,5,10,13,16-17,19-20,23H2,1-4H3,(H,50,51,52)/t35-,39-,43?/m0/s1. The van der Waals surface area contributed by atoms with E-state index in [1.165, 1.54) is 16.0 Å². The van der Waals surface area contributed by atoms with Crippen LogP contribution in [0.2, 0.25) is 0 Å². The van der Waals surface area contributed by atoms with E-state index in [0.29, 0.717) is 52.7 Å². The van der Waals surface area contributed by atoms with Gasteiger partial charge in [-0.3, -0.25) is 14.1 Å². The molecule has 4 aromatic carbocycles. The molecule has 0 saturated carbocycles. The van der Waals surface area contributed by atoms with Gasteiger partial charge in [0.25, 0.3) is 21.9 Å². The molecule has 0 aliphatic carbocycles. The maximum atomic E-state index is 14.0. The summed E-state index contributed by atoms with van der Waals surface area (Å²) in [5.41, 5.74) is 8.30. The van der Waals surface area contributed by atoms with Crippen molar-refractivity contribution in [3.8, 4) is 23.0 Å². The van der Waals surface area contributed by atoms with Crippen LogP contribution < -0.4 is 18.9 Å². The van der Waals surface area contributed by atoms with Gasteiger partial charge in [-0.1, -0.05) is 42.0 Å². The Balaban J connectivity index is 0.931. The number of hydrogen-bond acceptors (Lipinski definition) is 8. The van der Waals surface area contributed by atoms with E-state index in [4.69, 9.17) is 18.9 Å². The zero-order valence-corrected chi connectivity index (χ0v) is 33.3. The molecule has 57 heavy (non-hydrogen) atoms. The predicted molar refractivity (Wildman–Crippen MR) is 216 cm³/mol. The molecule has 1 N–H and O–H groups in total. The van der Waals surface area contributed by atoms with Crippen molar-refractivity contribution in [2.45, 2.75) is 69.7 Å². The summed E-state index contributed by atoms with van der Waals surface area (Å²) in [5, 5.41) is -1.23. The average Bonchev–Trinajstić information content (AvgIpc) is 3.79. The van der Waals surface area contributed by atoms with Crippen LogP contribution >= 0.6 is 0 Å². The monoisotopic (exact) mass is 790 g/mol. The SMILES string of the molecule is COc1ccc(C2=CN3C(=O)c4cc(C)c(OCCCOc5cc6c(cc5OC)C(=O)N5C=C(c7ccc(C)cc7)C[C@@H]5CC6)cc4CC(S(=O)(=O)O)[C@@H]3C2)cc1. The topological polar surface area (TPSA) is 132 Å². The molecule has 4 aliphatic rings. The van der Waals surface area contributed by atoms with Crippen molar-refractivity contribution < 1.29 is 41.5 Å². The second-order valence-corrected chi connectivity index (χ2v) is 16.9. The van der Waals surface area contributed by atoms with Crippen molar-refractivity contribution in [2.75, 3.05) is 27.4 Å². The minimum Gasteiger partial charge on any atom is -0.497 e. The largest absolute Gasteiger partial charge is 0.497 e. The maximum absolute atomic E-state index is 14.0. The molecule has 0 saturated heterocycles. The Morgan fingerprint density at radius 1 is 0.702 bits per heavy atom. The molecular formula is C45H46N2O9S. The van der Waals surface area contributed by atoms with Gasteiger partial charge >= 0.3 is 0 Å². The average molecular weight is 791 g/mol. The summed E-state index contributed by atoms with van der Waals surface area (Å²) in [7, 11) is -1.39. The molecule has 0 aromatic heterocycles. The lowest BCUT2D eigenvalue weighted by atomic mass is 9.96. The number of carbonyl (C=O) groups is 2. The fourth-order valence-corrected chi connectivity index (χ4v) is 9.49. The van der Waals surface area contributed by atoms with Gasteiger partial charge in [-0.2, -0.15) is 8.42 Å². The van der Waals surface area contributed by atoms with Crippen molar-refractivity contribution in [2.24, 2.45) is 0 Å². The van der Waals surface area contributed by atoms with E-state index in [9.17, 15) is 22.6 Å². The Labute approximate surface area is 333 Å². The highest BCUT2D eigenvalue weighted by molar-refractivity contribution is 7.86. The highest BCUT2D eigenvalue weighted by Crippen LogP contribution is 2.41. The number of rotatable bonds is 11. The van der Waals surface area contributed by atoms with Crippen LogP contribution in [0.15, 0.2) is 85.2 Å². The van der Waals surface area contributed by atoms with Crippen LogP contribution in [0.5, 0.6) is 23.0 Å². The Kier molecular flexibility index (Phi) is 10.3. The normalized spacial score (nSPS) is 20.1. The third-order valence-corrected chi connectivity index (χ3v) is 12.9. The number of aryl methyl sites for hydroxylation is 3. The van der Waals surface area contributed by atoms with E-state index in [1.807, 2.05) is 48.4 Å². The van der Waals surface area contributed by atoms with Gasteiger partial charge in [-0.05, 0) is 121 Å². The lowest BCUT2D eigenvalue weighted by Crippen LogP contribution is -2.43. The number of fused-ring (bicyclic) bond motifs is 4. The first-order valence-electron chi connectivity index (χ1n) is 19.3. The zero-order chi connectivity index (χ0) is 40.0. The molecule has 11 nitrogen and oxygen atoms in total. The quantitative estimate of drug-likeness (QED) is 0.122. The van der Waals surface area contributed by atoms with Crippen LogP contribution in [-0.2, 0) is 23.0 Å². The molecule has 3 atom stereocenters. The summed E-state index contributed by atoms with van der Waals surface area (Å²) < 4.78 is 59.3. The number of amides is 2. The van der Waals surface area contributed by atoms with Crippen molar-refractivity contribution >= 4 is 33.1 Å². The lowest BCUT2D eigenvalue weighted by Gasteiger charge is -2.26. The van der Waals surface area contributed by atoms with Gasteiger partial charge in [-0.25, -0.2) is 0 Å². The molecular weight excluding hydrogens is 745 g/mol. The van der Waals surface area contributed by atoms with Crippen LogP contribution in [-0.4, -0.2) is 79.4 Å². The third kappa shape index (κ3) is 7.51. The molecule has 8 rings (SSSR count). The zero-order valence-electron chi connectivity index (χ0n) is 32.5. The number of nitrogens with zero attached hydrogens (tertiary/aromatic N) is 2. The molecule has 1 unspecified atom stereocenters. The Hall–Kier alpha value is -5.59. The van der Waals surface area contributed by atoms with E-state index in [0.717, 1.165) is 47.1 Å². The second kappa shape index (κ2) is 15.4. The van der Waals surface area contributed by atoms with Crippen molar-refractivity contribution in [3.05, 3.63) is 130 Å². The first-order chi connectivity index (χ1) is 27.4. The number of hydrogen-bond donors (Lipinski definition) is 1. The fraction of sp³-hybridized carbons (Fsp3) is 0.333. The minimum atomic E-state index is -4.53. The van der Waals surface area contributed by atoms with Crippen molar-refractivity contribution in [1.29, 1.82) is 0 Å². The molecule has 296 valence electrons. The number of ether oxygens (including phenoxy) is 4. The van der Waals surface area contributed by atoms with Crippen molar-refractivity contribution in [1.82, 2.24) is 9.80 Å². The summed E-state index contributed by atoms with van der Waals surface area (Å²) >= 11 is 0. The van der Waals surface area contributed by atoms with Gasteiger partial charge in [0.15, 0.2) is 11.5 Å². The number of methoxy groups -OCH3 is 2. The van der Waals surface area contributed by atoms with Crippen LogP contribution in [0.25, 0.3) is 11.1 Å². The molecule has 0 spiro atoms. The summed E-state index contributed by atoms with van der Waals surface area (Å²) in [6.07, 6.45) is 6.82. The first-order valence-corrected chi connectivity index (χ1v) is 20.8. The van der Waals surface area contributed by atoms with Gasteiger partial charge in [-0.15, -0.1) is 0 Å². The van der Waals surface area contributed by atoms with E-state index in [-0.39, 0.29) is 37.3 Å². The van der Waals surface area contributed by atoms with Crippen LogP contribution in [0.4, 0.5) is 0 Å². The van der Waals surface area contributed by atoms with Gasteiger partial charge in [0.2, 0.25) is 0 Å². The predicted octanol–water partition coefficient (Wildman–Crippen LogP) is 7.44. The van der Waals surface area contributed by atoms with Crippen LogP contribution in [0.3, 0.4) is 0 Å². The molecule has 12 heteroatoms. The molecule has 0 radical (unpaired) electrons. The minimum absolute atomic E-state index is 0.0382. The Morgan fingerprint density at radius 3 is 2.00 bits per heavy atom. The van der Waals surface area contributed by atoms with E-state index in [1.54, 1.807) is 38.6 Å². The number of carbonyl (C=O) groups excluding carboxylic acids is 2. The van der Waals surface area contributed by atoms with E-state index < -0.39 is 21.4 Å². The van der Waals surface area contributed by atoms with Crippen LogP contribution in [0.1, 0.15) is 79.8 Å². The highest BCUT2D eigenvalue weighted by atomic mass is 32.2. The molecule has 4 aliphatic heterocycles. The van der Waals surface area contributed by atoms with E-state index >= 15 is 0 Å². The first kappa shape index (κ1) is 38.3. The van der Waals surface area contributed by atoms with Gasteiger partial charge in [0, 0.05) is 36.0 Å². The smallest absolute Gasteiger partial charge is 0.270 e. The van der Waals surface area contributed by atoms with Gasteiger partial charge in [0.05, 0.1) is 33.5 Å². The molecule has 4 heterocycles. The second-order valence-electron chi connectivity index (χ2n) is 15.2. The summed E-state index contributed by atoms with van der Waals surface area (Å²) in [5.74, 6) is 1.88. The molecule has 0 bridgehead atoms. The fourth-order valence-electron chi connectivity index (χ4n) is 8.48. The molecule has 2 amide bonds. The summed E-state index contributed by atoms with van der Waals surface area (Å²) in [6, 6.07) is 22.2. The Bertz CT molecular complexity index is 2400. The lowest BCUT2D eigenvalue weighted by molar-refractivity contribution is 0.0780. The highest BCUT2D eigenvalue weighted by Gasteiger charge is 2.45. The number of benzene rings is 4. The summed E-state index contributed by atoms with van der Waals surface area (Å²) in [4.78, 5) is 31.1. The maximum Gasteiger partial charge on any atom is 0.270 e. The Morgan fingerprint density at radius 2 is 1.32 bits per heavy atom. The molecule has 0 fully saturated rings. The van der Waals surface area contributed by atoms with Crippen molar-refractivity contribution in [3.63, 3.8) is 0 Å². The third-order valence-electron chi connectivity index (χ3n) is 11.6. The molecule has 4 aromatic rings. The van der Waals surface area contributed by atoms with Crippen LogP contribution in [0, 0.1) is 13.8 Å². The summed E-state index contributed by atoms with van der Waals surface area (Å²) in [6.45, 7) is 4.51.